The Morgan fingerprint density at radius 3 is 3.04 bits per heavy atom. The summed E-state index contributed by atoms with van der Waals surface area (Å²) in [5.41, 5.74) is 1.17. The van der Waals surface area contributed by atoms with Crippen LogP contribution in [0.2, 0.25) is 0 Å². The van der Waals surface area contributed by atoms with Crippen LogP contribution < -0.4 is 5.32 Å². The number of tetrazole rings is 1. The van der Waals surface area contributed by atoms with Gasteiger partial charge >= 0.3 is 0 Å². The second kappa shape index (κ2) is 6.20. The summed E-state index contributed by atoms with van der Waals surface area (Å²) in [5.74, 6) is -0.879. The maximum absolute atomic E-state index is 14.4. The van der Waals surface area contributed by atoms with Gasteiger partial charge in [-0.2, -0.15) is 5.21 Å². The van der Waals surface area contributed by atoms with E-state index in [4.69, 9.17) is 4.74 Å². The van der Waals surface area contributed by atoms with Crippen molar-refractivity contribution in [3.05, 3.63) is 34.9 Å². The maximum atomic E-state index is 14.4. The zero-order chi connectivity index (χ0) is 17.4. The van der Waals surface area contributed by atoms with E-state index in [1.54, 1.807) is 0 Å². The number of aromatic amines is 1. The van der Waals surface area contributed by atoms with Crippen molar-refractivity contribution < 1.29 is 18.7 Å². The van der Waals surface area contributed by atoms with Gasteiger partial charge in [0.1, 0.15) is 11.9 Å². The molecule has 3 heterocycles. The first-order chi connectivity index (χ1) is 12.1. The van der Waals surface area contributed by atoms with E-state index in [0.29, 0.717) is 37.5 Å². The zero-order valence-electron chi connectivity index (χ0n) is 13.2. The summed E-state index contributed by atoms with van der Waals surface area (Å²) < 4.78 is 20.0. The van der Waals surface area contributed by atoms with Gasteiger partial charge in [0.15, 0.2) is 0 Å². The number of aryl methyl sites for hydroxylation is 1. The SMILES string of the molecule is O=C1CCc2cc(C(=O)N3CCOC(c4nn[nH]n4)C3)c(F)cc2N1. The lowest BCUT2D eigenvalue weighted by Gasteiger charge is -2.31. The van der Waals surface area contributed by atoms with Crippen molar-refractivity contribution in [2.45, 2.75) is 18.9 Å². The summed E-state index contributed by atoms with van der Waals surface area (Å²) in [6.45, 7) is 0.861. The summed E-state index contributed by atoms with van der Waals surface area (Å²) in [4.78, 5) is 25.7. The van der Waals surface area contributed by atoms with Gasteiger partial charge in [-0.25, -0.2) is 4.39 Å². The number of morpholine rings is 1. The normalized spacial score (nSPS) is 20.1. The highest BCUT2D eigenvalue weighted by Gasteiger charge is 2.30. The molecule has 10 heteroatoms. The molecule has 1 aromatic carbocycles. The minimum Gasteiger partial charge on any atom is -0.366 e. The predicted molar refractivity (Wildman–Crippen MR) is 82.1 cm³/mol. The van der Waals surface area contributed by atoms with Crippen LogP contribution in [-0.2, 0) is 16.0 Å². The Morgan fingerprint density at radius 2 is 2.24 bits per heavy atom. The van der Waals surface area contributed by atoms with Crippen molar-refractivity contribution in [3.63, 3.8) is 0 Å². The van der Waals surface area contributed by atoms with E-state index in [1.807, 2.05) is 0 Å². The van der Waals surface area contributed by atoms with Gasteiger partial charge in [0.2, 0.25) is 11.7 Å². The van der Waals surface area contributed by atoms with Gasteiger partial charge in [0, 0.05) is 18.7 Å². The van der Waals surface area contributed by atoms with Gasteiger partial charge in [-0.05, 0) is 24.1 Å². The molecule has 2 aromatic rings. The van der Waals surface area contributed by atoms with Crippen molar-refractivity contribution in [2.75, 3.05) is 25.0 Å². The van der Waals surface area contributed by atoms with E-state index in [0.717, 1.165) is 5.56 Å². The molecule has 0 saturated carbocycles. The summed E-state index contributed by atoms with van der Waals surface area (Å²) in [6.07, 6.45) is 0.302. The molecule has 1 unspecified atom stereocenters. The third-order valence-electron chi connectivity index (χ3n) is 4.32. The lowest BCUT2D eigenvalue weighted by Crippen LogP contribution is -2.43. The minimum absolute atomic E-state index is 0.0105. The molecule has 25 heavy (non-hydrogen) atoms. The van der Waals surface area contributed by atoms with E-state index in [-0.39, 0.29) is 18.0 Å². The molecular weight excluding hydrogens is 331 g/mol. The molecule has 0 bridgehead atoms. The largest absolute Gasteiger partial charge is 0.366 e. The van der Waals surface area contributed by atoms with E-state index < -0.39 is 17.8 Å². The smallest absolute Gasteiger partial charge is 0.257 e. The van der Waals surface area contributed by atoms with E-state index in [1.165, 1.54) is 17.0 Å². The Hall–Kier alpha value is -2.88. The molecule has 4 rings (SSSR count). The van der Waals surface area contributed by atoms with E-state index >= 15 is 0 Å². The second-order valence-corrected chi connectivity index (χ2v) is 5.92. The number of fused-ring (bicyclic) bond motifs is 1. The van der Waals surface area contributed by atoms with Crippen molar-refractivity contribution in [1.82, 2.24) is 25.5 Å². The topological polar surface area (TPSA) is 113 Å². The number of nitrogens with one attached hydrogen (secondary N) is 2. The molecular formula is C15H15FN6O3. The molecule has 0 spiro atoms. The molecule has 9 nitrogen and oxygen atoms in total. The first kappa shape index (κ1) is 15.6. The van der Waals surface area contributed by atoms with Crippen LogP contribution in [0.5, 0.6) is 0 Å². The van der Waals surface area contributed by atoms with Crippen LogP contribution in [-0.4, -0.2) is 57.0 Å². The molecule has 0 aliphatic carbocycles. The fraction of sp³-hybridized carbons (Fsp3) is 0.400. The fourth-order valence-corrected chi connectivity index (χ4v) is 3.03. The molecule has 2 amide bonds. The number of ether oxygens (including phenoxy) is 1. The van der Waals surface area contributed by atoms with Gasteiger partial charge in [-0.1, -0.05) is 5.21 Å². The minimum atomic E-state index is -0.659. The number of H-pyrrole nitrogens is 1. The van der Waals surface area contributed by atoms with E-state index in [2.05, 4.69) is 25.9 Å². The average Bonchev–Trinajstić information content (AvgIpc) is 3.15. The third kappa shape index (κ3) is 2.95. The number of hydrogen-bond acceptors (Lipinski definition) is 6. The monoisotopic (exact) mass is 346 g/mol. The second-order valence-electron chi connectivity index (χ2n) is 5.92. The summed E-state index contributed by atoms with van der Waals surface area (Å²) >= 11 is 0. The van der Waals surface area contributed by atoms with Crippen LogP contribution in [0.25, 0.3) is 0 Å². The van der Waals surface area contributed by atoms with Gasteiger partial charge in [-0.15, -0.1) is 10.2 Å². The summed E-state index contributed by atoms with van der Waals surface area (Å²) in [5, 5.41) is 16.2. The molecule has 1 aromatic heterocycles. The predicted octanol–water partition coefficient (Wildman–Crippen LogP) is 0.437. The lowest BCUT2D eigenvalue weighted by molar-refractivity contribution is -0.116. The van der Waals surface area contributed by atoms with Crippen LogP contribution >= 0.6 is 0 Å². The van der Waals surface area contributed by atoms with Crippen LogP contribution in [0.1, 0.15) is 34.3 Å². The standard InChI is InChI=1S/C15H15FN6O3/c16-10-6-11-8(1-2-13(23)17-11)5-9(10)15(24)22-3-4-25-12(7-22)14-18-20-21-19-14/h5-6,12H,1-4,7H2,(H,17,23)(H,18,19,20,21). The highest BCUT2D eigenvalue weighted by atomic mass is 19.1. The highest BCUT2D eigenvalue weighted by molar-refractivity contribution is 5.98. The number of nitrogens with zero attached hydrogens (tertiary/aromatic N) is 4. The van der Waals surface area contributed by atoms with Crippen molar-refractivity contribution in [3.8, 4) is 0 Å². The maximum Gasteiger partial charge on any atom is 0.257 e. The molecule has 2 N–H and O–H groups in total. The lowest BCUT2D eigenvalue weighted by atomic mass is 9.99. The Bertz CT molecular complexity index is 825. The van der Waals surface area contributed by atoms with E-state index in [9.17, 15) is 14.0 Å². The highest BCUT2D eigenvalue weighted by Crippen LogP contribution is 2.27. The molecule has 2 aliphatic rings. The van der Waals surface area contributed by atoms with Crippen LogP contribution in [0, 0.1) is 5.82 Å². The molecule has 2 aliphatic heterocycles. The zero-order valence-corrected chi connectivity index (χ0v) is 13.2. The van der Waals surface area contributed by atoms with Gasteiger partial charge < -0.3 is 15.0 Å². The Morgan fingerprint density at radius 1 is 1.36 bits per heavy atom. The van der Waals surface area contributed by atoms with Crippen LogP contribution in [0.15, 0.2) is 12.1 Å². The number of benzene rings is 1. The number of halogens is 1. The number of anilines is 1. The molecule has 1 atom stereocenters. The Kier molecular flexibility index (Phi) is 3.88. The number of amides is 2. The molecule has 0 radical (unpaired) electrons. The first-order valence-electron chi connectivity index (χ1n) is 7.88. The van der Waals surface area contributed by atoms with Crippen LogP contribution in [0.4, 0.5) is 10.1 Å². The van der Waals surface area contributed by atoms with Crippen molar-refractivity contribution >= 4 is 17.5 Å². The number of hydrogen-bond donors (Lipinski definition) is 2. The van der Waals surface area contributed by atoms with Gasteiger partial charge in [0.05, 0.1) is 18.7 Å². The number of carbonyl (C=O) groups excluding carboxylic acids is 2. The van der Waals surface area contributed by atoms with Crippen LogP contribution in [0.3, 0.4) is 0 Å². The number of carbonyl (C=O) groups is 2. The van der Waals surface area contributed by atoms with Crippen molar-refractivity contribution in [2.24, 2.45) is 0 Å². The third-order valence-corrected chi connectivity index (χ3v) is 4.32. The molecule has 1 fully saturated rings. The Balaban J connectivity index is 1.57. The van der Waals surface area contributed by atoms with Crippen molar-refractivity contribution in [1.29, 1.82) is 0 Å². The van der Waals surface area contributed by atoms with Gasteiger partial charge in [0.25, 0.3) is 5.91 Å². The summed E-state index contributed by atoms with van der Waals surface area (Å²) in [7, 11) is 0. The molecule has 1 saturated heterocycles. The van der Waals surface area contributed by atoms with Gasteiger partial charge in [-0.3, -0.25) is 9.59 Å². The summed E-state index contributed by atoms with van der Waals surface area (Å²) in [6, 6.07) is 2.72. The average molecular weight is 346 g/mol. The molecule has 130 valence electrons. The quantitative estimate of drug-likeness (QED) is 0.816. The Labute approximate surface area is 141 Å². The first-order valence-corrected chi connectivity index (χ1v) is 7.88. The number of rotatable bonds is 2. The fourth-order valence-electron chi connectivity index (χ4n) is 3.03. The number of aromatic nitrogens is 4.